The number of carbonyl (C=O) groups excluding carboxylic acids is 3. The number of hydrogen-bond donors (Lipinski definition) is 2. The van der Waals surface area contributed by atoms with Crippen molar-refractivity contribution < 1.29 is 23.9 Å². The molecule has 2 N–H and O–H groups in total. The number of carbonyl (C=O) groups is 3. The average Bonchev–Trinajstić information content (AvgIpc) is 3.46. The fraction of sp³-hybridized carbons (Fsp3) is 0.290. The first-order valence-electron chi connectivity index (χ1n) is 13.7. The number of hydrogen-bond acceptors (Lipinski definition) is 7. The number of ether oxygens (including phenoxy) is 2. The van der Waals surface area contributed by atoms with E-state index in [1.807, 2.05) is 18.2 Å². The summed E-state index contributed by atoms with van der Waals surface area (Å²) in [6.07, 6.45) is 2.18. The summed E-state index contributed by atoms with van der Waals surface area (Å²) in [6, 6.07) is 15.7. The van der Waals surface area contributed by atoms with Crippen molar-refractivity contribution in [2.24, 2.45) is 7.05 Å². The van der Waals surface area contributed by atoms with Gasteiger partial charge in [0.15, 0.2) is 6.10 Å². The number of amides is 2. The summed E-state index contributed by atoms with van der Waals surface area (Å²) in [5.74, 6) is -1.08. The monoisotopic (exact) mass is 588 g/mol. The molecule has 1 atom stereocenters. The van der Waals surface area contributed by atoms with E-state index in [0.29, 0.717) is 34.1 Å². The number of para-hydroxylation sites is 1. The fourth-order valence-corrected chi connectivity index (χ4v) is 6.27. The van der Waals surface area contributed by atoms with E-state index < -0.39 is 23.5 Å². The summed E-state index contributed by atoms with van der Waals surface area (Å²) in [6.45, 7) is 3.18. The molecule has 42 heavy (non-hydrogen) atoms. The lowest BCUT2D eigenvalue weighted by Gasteiger charge is -2.16. The van der Waals surface area contributed by atoms with Crippen LogP contribution in [0, 0.1) is 6.92 Å². The number of fused-ring (bicyclic) bond motifs is 1. The van der Waals surface area contributed by atoms with E-state index in [0.717, 1.165) is 29.7 Å². The third kappa shape index (κ3) is 5.60. The first kappa shape index (κ1) is 28.9. The Morgan fingerprint density at radius 2 is 1.67 bits per heavy atom. The predicted octanol–water partition coefficient (Wildman–Crippen LogP) is 4.87. The van der Waals surface area contributed by atoms with Crippen LogP contribution in [0.1, 0.15) is 56.6 Å². The van der Waals surface area contributed by atoms with Gasteiger partial charge in [0.25, 0.3) is 17.4 Å². The molecule has 0 bridgehead atoms. The minimum absolute atomic E-state index is 0.106. The molecular weight excluding hydrogens is 556 g/mol. The van der Waals surface area contributed by atoms with Crippen LogP contribution in [0.3, 0.4) is 0 Å². The minimum Gasteiger partial charge on any atom is -0.497 e. The molecule has 2 aromatic heterocycles. The van der Waals surface area contributed by atoms with Gasteiger partial charge in [-0.3, -0.25) is 19.1 Å². The number of rotatable bonds is 8. The largest absolute Gasteiger partial charge is 0.497 e. The van der Waals surface area contributed by atoms with Crippen molar-refractivity contribution in [3.8, 4) is 11.4 Å². The number of esters is 1. The molecule has 2 heterocycles. The molecule has 0 radical (unpaired) electrons. The van der Waals surface area contributed by atoms with Crippen LogP contribution in [0.4, 0.5) is 10.7 Å². The van der Waals surface area contributed by atoms with Crippen molar-refractivity contribution in [3.05, 3.63) is 92.2 Å². The predicted molar refractivity (Wildman–Crippen MR) is 161 cm³/mol. The lowest BCUT2D eigenvalue weighted by molar-refractivity contribution is -0.123. The summed E-state index contributed by atoms with van der Waals surface area (Å²) in [5.41, 5.74) is 2.44. The Kier molecular flexibility index (Phi) is 8.30. The topological polar surface area (TPSA) is 121 Å². The Morgan fingerprint density at radius 1 is 0.976 bits per heavy atom. The zero-order valence-corrected chi connectivity index (χ0v) is 24.7. The van der Waals surface area contributed by atoms with E-state index in [1.165, 1.54) is 22.9 Å². The van der Waals surface area contributed by atoms with Gasteiger partial charge in [-0.1, -0.05) is 18.2 Å². The summed E-state index contributed by atoms with van der Waals surface area (Å²) < 4.78 is 13.9. The molecule has 0 saturated carbocycles. The van der Waals surface area contributed by atoms with Crippen LogP contribution in [0.2, 0.25) is 0 Å². The summed E-state index contributed by atoms with van der Waals surface area (Å²) in [4.78, 5) is 53.9. The highest BCUT2D eigenvalue weighted by Gasteiger charge is 2.30. The van der Waals surface area contributed by atoms with E-state index in [4.69, 9.17) is 9.47 Å². The first-order chi connectivity index (χ1) is 20.2. The van der Waals surface area contributed by atoms with Gasteiger partial charge in [-0.2, -0.15) is 0 Å². The van der Waals surface area contributed by atoms with Crippen LogP contribution in [-0.2, 0) is 29.4 Å². The second-order valence-corrected chi connectivity index (χ2v) is 11.2. The second kappa shape index (κ2) is 12.1. The number of aromatic nitrogens is 2. The van der Waals surface area contributed by atoms with Gasteiger partial charge in [-0.05, 0) is 81.5 Å². The summed E-state index contributed by atoms with van der Waals surface area (Å²) in [7, 11) is 3.27. The molecule has 2 amide bonds. The molecule has 11 heteroatoms. The minimum atomic E-state index is -1.20. The third-order valence-corrected chi connectivity index (χ3v) is 8.62. The van der Waals surface area contributed by atoms with Gasteiger partial charge in [0.05, 0.1) is 24.1 Å². The van der Waals surface area contributed by atoms with Gasteiger partial charge in [-0.15, -0.1) is 11.3 Å². The Labute approximate surface area is 246 Å². The number of nitrogens with zero attached hydrogens (tertiary/aromatic N) is 2. The van der Waals surface area contributed by atoms with Crippen LogP contribution in [0.5, 0.6) is 5.75 Å². The van der Waals surface area contributed by atoms with Crippen LogP contribution in [-0.4, -0.2) is 40.4 Å². The molecule has 1 aliphatic rings. The lowest BCUT2D eigenvalue weighted by atomic mass is 9.95. The summed E-state index contributed by atoms with van der Waals surface area (Å²) >= 11 is 1.36. The molecule has 10 nitrogen and oxygen atoms in total. The number of methoxy groups -OCH3 is 1. The Hall–Kier alpha value is -4.64. The molecule has 0 fully saturated rings. The number of benzene rings is 2. The highest BCUT2D eigenvalue weighted by atomic mass is 32.1. The van der Waals surface area contributed by atoms with E-state index in [1.54, 1.807) is 62.2 Å². The summed E-state index contributed by atoms with van der Waals surface area (Å²) in [5, 5.41) is 5.92. The van der Waals surface area contributed by atoms with Gasteiger partial charge < -0.3 is 20.1 Å². The van der Waals surface area contributed by atoms with Crippen molar-refractivity contribution in [2.45, 2.75) is 45.6 Å². The number of anilines is 2. The molecule has 218 valence electrons. The average molecular weight is 589 g/mol. The van der Waals surface area contributed by atoms with Gasteiger partial charge in [0, 0.05) is 17.5 Å². The van der Waals surface area contributed by atoms with Gasteiger partial charge in [0.1, 0.15) is 16.4 Å². The van der Waals surface area contributed by atoms with Crippen LogP contribution < -0.4 is 20.9 Å². The molecule has 2 aromatic carbocycles. The molecule has 0 spiro atoms. The lowest BCUT2D eigenvalue weighted by Crippen LogP contribution is -2.32. The molecule has 0 saturated heterocycles. The maximum atomic E-state index is 13.5. The number of aryl methyl sites for hydroxylation is 1. The van der Waals surface area contributed by atoms with Crippen molar-refractivity contribution in [3.63, 3.8) is 0 Å². The van der Waals surface area contributed by atoms with Crippen molar-refractivity contribution >= 4 is 39.8 Å². The molecule has 5 rings (SSSR count). The van der Waals surface area contributed by atoms with Crippen LogP contribution in [0.15, 0.2) is 59.4 Å². The molecule has 4 aromatic rings. The zero-order chi connectivity index (χ0) is 30.0. The normalized spacial score (nSPS) is 13.1. The van der Waals surface area contributed by atoms with E-state index in [2.05, 4.69) is 10.6 Å². The van der Waals surface area contributed by atoms with Gasteiger partial charge in [0.2, 0.25) is 0 Å². The zero-order valence-electron chi connectivity index (χ0n) is 23.9. The standard InChI is InChI=1S/C31H32N4O6S/c1-18-26(30(38)35(34(18)3)21-10-6-5-7-11-21)32-27(36)19(2)41-31(39)25-23-12-8-9-13-24(23)42-29(25)33-28(37)20-14-16-22(40-4)17-15-20/h5-7,10-11,14-17,19H,8-9,12-13H2,1-4H3,(H,32,36)(H,33,37). The van der Waals surface area contributed by atoms with Gasteiger partial charge in [-0.25, -0.2) is 9.48 Å². The third-order valence-electron chi connectivity index (χ3n) is 7.41. The van der Waals surface area contributed by atoms with E-state index >= 15 is 0 Å². The highest BCUT2D eigenvalue weighted by molar-refractivity contribution is 7.17. The van der Waals surface area contributed by atoms with E-state index in [9.17, 15) is 19.2 Å². The second-order valence-electron chi connectivity index (χ2n) is 10.1. The number of thiophene rings is 1. The smallest absolute Gasteiger partial charge is 0.342 e. The first-order valence-corrected chi connectivity index (χ1v) is 14.5. The van der Waals surface area contributed by atoms with Crippen LogP contribution >= 0.6 is 11.3 Å². The van der Waals surface area contributed by atoms with Crippen LogP contribution in [0.25, 0.3) is 5.69 Å². The highest BCUT2D eigenvalue weighted by Crippen LogP contribution is 2.39. The maximum absolute atomic E-state index is 13.5. The van der Waals surface area contributed by atoms with E-state index in [-0.39, 0.29) is 17.2 Å². The van der Waals surface area contributed by atoms with Crippen molar-refractivity contribution in [1.82, 2.24) is 9.36 Å². The fourth-order valence-electron chi connectivity index (χ4n) is 5.00. The number of nitrogens with one attached hydrogen (secondary N) is 2. The molecular formula is C31H32N4O6S. The Balaban J connectivity index is 1.35. The quantitative estimate of drug-likeness (QED) is 0.284. The molecule has 1 aliphatic carbocycles. The van der Waals surface area contributed by atoms with Crippen molar-refractivity contribution in [2.75, 3.05) is 17.7 Å². The SMILES string of the molecule is COc1ccc(C(=O)Nc2sc3c(c2C(=O)OC(C)C(=O)Nc2c(C)n(C)n(-c4ccccc4)c2=O)CCCC3)cc1. The Bertz CT molecular complexity index is 1700. The Morgan fingerprint density at radius 3 is 2.36 bits per heavy atom. The maximum Gasteiger partial charge on any atom is 0.342 e. The molecule has 1 unspecified atom stereocenters. The molecule has 0 aliphatic heterocycles. The van der Waals surface area contributed by atoms with Crippen molar-refractivity contribution in [1.29, 1.82) is 0 Å². The van der Waals surface area contributed by atoms with Gasteiger partial charge >= 0.3 is 5.97 Å².